The summed E-state index contributed by atoms with van der Waals surface area (Å²) in [5, 5.41) is 1.42. The van der Waals surface area contributed by atoms with E-state index < -0.39 is 10.0 Å². The van der Waals surface area contributed by atoms with Gasteiger partial charge in [-0.2, -0.15) is 0 Å². The number of para-hydroxylation sites is 1. The predicted octanol–water partition coefficient (Wildman–Crippen LogP) is 5.51. The average Bonchev–Trinajstić information content (AvgIpc) is 3.02. The number of fused-ring (bicyclic) bond motifs is 1. The number of benzene rings is 3. The normalized spacial score (nSPS) is 11.8. The van der Waals surface area contributed by atoms with Crippen molar-refractivity contribution in [3.63, 3.8) is 0 Å². The predicted molar refractivity (Wildman–Crippen MR) is 106 cm³/mol. The second kappa shape index (κ2) is 6.31. The minimum atomic E-state index is -3.76. The maximum Gasteiger partial charge on any atom is 0.268 e. The molecule has 0 bridgehead atoms. The summed E-state index contributed by atoms with van der Waals surface area (Å²) in [5.74, 6) is 0. The molecule has 0 N–H and O–H groups in total. The first-order chi connectivity index (χ1) is 12.5. The van der Waals surface area contributed by atoms with Crippen LogP contribution < -0.4 is 0 Å². The van der Waals surface area contributed by atoms with Crippen LogP contribution in [0.4, 0.5) is 0 Å². The van der Waals surface area contributed by atoms with Crippen molar-refractivity contribution in [3.8, 4) is 11.3 Å². The van der Waals surface area contributed by atoms with Crippen molar-refractivity contribution >= 4 is 32.5 Å². The Balaban J connectivity index is 2.05. The lowest BCUT2D eigenvalue weighted by molar-refractivity contribution is 0.589. The minimum Gasteiger partial charge on any atom is -0.233 e. The first-order valence-electron chi connectivity index (χ1n) is 8.15. The van der Waals surface area contributed by atoms with E-state index in [0.29, 0.717) is 16.2 Å². The SMILES string of the molecule is Cc1ccc(S(=O)(=O)n2c(-c3cccc(Cl)c3)cc3ccccc32)cc1. The molecule has 0 aliphatic heterocycles. The minimum absolute atomic E-state index is 0.257. The van der Waals surface area contributed by atoms with E-state index in [4.69, 9.17) is 11.6 Å². The molecule has 4 rings (SSSR count). The molecule has 0 aliphatic rings. The highest BCUT2D eigenvalue weighted by molar-refractivity contribution is 7.90. The zero-order valence-electron chi connectivity index (χ0n) is 14.1. The molecule has 0 amide bonds. The van der Waals surface area contributed by atoms with E-state index >= 15 is 0 Å². The van der Waals surface area contributed by atoms with Gasteiger partial charge in [-0.15, -0.1) is 0 Å². The Morgan fingerprint density at radius 2 is 1.58 bits per heavy atom. The van der Waals surface area contributed by atoms with E-state index in [1.165, 1.54) is 3.97 Å². The van der Waals surface area contributed by atoms with Crippen LogP contribution in [-0.2, 0) is 10.0 Å². The van der Waals surface area contributed by atoms with Gasteiger partial charge in [-0.3, -0.25) is 0 Å². The Bertz CT molecular complexity index is 1210. The van der Waals surface area contributed by atoms with Crippen molar-refractivity contribution in [1.82, 2.24) is 3.97 Å². The fraction of sp³-hybridized carbons (Fsp3) is 0.0476. The lowest BCUT2D eigenvalue weighted by Crippen LogP contribution is -2.14. The largest absolute Gasteiger partial charge is 0.268 e. The molecule has 26 heavy (non-hydrogen) atoms. The lowest BCUT2D eigenvalue weighted by atomic mass is 10.1. The number of nitrogens with zero attached hydrogens (tertiary/aromatic N) is 1. The Hall–Kier alpha value is -2.56. The summed E-state index contributed by atoms with van der Waals surface area (Å²) in [7, 11) is -3.76. The van der Waals surface area contributed by atoms with Gasteiger partial charge in [-0.25, -0.2) is 12.4 Å². The van der Waals surface area contributed by atoms with Crippen LogP contribution in [0.3, 0.4) is 0 Å². The molecule has 0 saturated carbocycles. The molecule has 1 heterocycles. The third-order valence-electron chi connectivity index (χ3n) is 4.35. The van der Waals surface area contributed by atoms with Crippen molar-refractivity contribution < 1.29 is 8.42 Å². The van der Waals surface area contributed by atoms with Crippen LogP contribution in [0.1, 0.15) is 5.56 Å². The van der Waals surface area contributed by atoms with E-state index in [1.54, 1.807) is 36.4 Å². The summed E-state index contributed by atoms with van der Waals surface area (Å²) in [6.45, 7) is 1.93. The molecule has 4 aromatic rings. The molecule has 0 saturated heterocycles. The van der Waals surface area contributed by atoms with Crippen LogP contribution in [-0.4, -0.2) is 12.4 Å². The number of rotatable bonds is 3. The molecule has 3 nitrogen and oxygen atoms in total. The summed E-state index contributed by atoms with van der Waals surface area (Å²) < 4.78 is 28.3. The standard InChI is InChI=1S/C21H16ClNO2S/c1-15-9-11-19(12-10-15)26(24,25)23-20-8-3-2-5-17(20)14-21(23)16-6-4-7-18(22)13-16/h2-14H,1H3. The van der Waals surface area contributed by atoms with Crippen LogP contribution in [0.25, 0.3) is 22.2 Å². The van der Waals surface area contributed by atoms with Crippen LogP contribution in [0.2, 0.25) is 5.02 Å². The van der Waals surface area contributed by atoms with Gasteiger partial charge < -0.3 is 0 Å². The van der Waals surface area contributed by atoms with Gasteiger partial charge in [0.2, 0.25) is 0 Å². The third-order valence-corrected chi connectivity index (χ3v) is 6.32. The van der Waals surface area contributed by atoms with E-state index in [2.05, 4.69) is 0 Å². The Morgan fingerprint density at radius 3 is 2.31 bits per heavy atom. The molecule has 0 radical (unpaired) electrons. The Morgan fingerprint density at radius 1 is 0.846 bits per heavy atom. The van der Waals surface area contributed by atoms with Gasteiger partial charge in [0.1, 0.15) is 0 Å². The molecule has 0 unspecified atom stereocenters. The molecular weight excluding hydrogens is 366 g/mol. The van der Waals surface area contributed by atoms with Gasteiger partial charge in [0.15, 0.2) is 0 Å². The van der Waals surface area contributed by atoms with Crippen LogP contribution >= 0.6 is 11.6 Å². The maximum atomic E-state index is 13.4. The van der Waals surface area contributed by atoms with Gasteiger partial charge in [-0.1, -0.05) is 59.6 Å². The molecule has 1 aromatic heterocycles. The fourth-order valence-electron chi connectivity index (χ4n) is 3.05. The topological polar surface area (TPSA) is 39.1 Å². The number of halogens is 1. The number of hydrogen-bond acceptors (Lipinski definition) is 2. The molecule has 0 atom stereocenters. The van der Waals surface area contributed by atoms with Crippen molar-refractivity contribution in [2.24, 2.45) is 0 Å². The van der Waals surface area contributed by atoms with Gasteiger partial charge in [0, 0.05) is 16.0 Å². The second-order valence-electron chi connectivity index (χ2n) is 6.18. The van der Waals surface area contributed by atoms with E-state index in [1.807, 2.05) is 49.4 Å². The van der Waals surface area contributed by atoms with Gasteiger partial charge in [-0.05, 0) is 43.3 Å². The molecular formula is C21H16ClNO2S. The lowest BCUT2D eigenvalue weighted by Gasteiger charge is -2.13. The van der Waals surface area contributed by atoms with Crippen LogP contribution in [0.5, 0.6) is 0 Å². The molecule has 130 valence electrons. The summed E-state index contributed by atoms with van der Waals surface area (Å²) in [6.07, 6.45) is 0. The van der Waals surface area contributed by atoms with Gasteiger partial charge >= 0.3 is 0 Å². The first-order valence-corrected chi connectivity index (χ1v) is 9.97. The van der Waals surface area contributed by atoms with E-state index in [-0.39, 0.29) is 4.90 Å². The summed E-state index contributed by atoms with van der Waals surface area (Å²) >= 11 is 6.14. The van der Waals surface area contributed by atoms with Crippen molar-refractivity contribution in [3.05, 3.63) is 89.4 Å². The fourth-order valence-corrected chi connectivity index (χ4v) is 4.78. The smallest absolute Gasteiger partial charge is 0.233 e. The van der Waals surface area contributed by atoms with Gasteiger partial charge in [0.25, 0.3) is 10.0 Å². The molecule has 3 aromatic carbocycles. The molecule has 0 spiro atoms. The zero-order valence-corrected chi connectivity index (χ0v) is 15.6. The monoisotopic (exact) mass is 381 g/mol. The summed E-state index contributed by atoms with van der Waals surface area (Å²) in [6, 6.07) is 23.4. The number of hydrogen-bond donors (Lipinski definition) is 0. The van der Waals surface area contributed by atoms with Gasteiger partial charge in [0.05, 0.1) is 16.1 Å². The van der Waals surface area contributed by atoms with E-state index in [0.717, 1.165) is 16.5 Å². The summed E-state index contributed by atoms with van der Waals surface area (Å²) in [5.41, 5.74) is 3.00. The van der Waals surface area contributed by atoms with E-state index in [9.17, 15) is 8.42 Å². The Labute approximate surface area is 157 Å². The van der Waals surface area contributed by atoms with Crippen LogP contribution in [0, 0.1) is 6.92 Å². The molecule has 0 aliphatic carbocycles. The van der Waals surface area contributed by atoms with Crippen LogP contribution in [0.15, 0.2) is 83.8 Å². The summed E-state index contributed by atoms with van der Waals surface area (Å²) in [4.78, 5) is 0.257. The second-order valence-corrected chi connectivity index (χ2v) is 8.40. The molecule has 5 heteroatoms. The Kier molecular flexibility index (Phi) is 4.10. The molecule has 0 fully saturated rings. The highest BCUT2D eigenvalue weighted by Crippen LogP contribution is 2.33. The number of aromatic nitrogens is 1. The zero-order chi connectivity index (χ0) is 18.3. The van der Waals surface area contributed by atoms with Crippen molar-refractivity contribution in [1.29, 1.82) is 0 Å². The maximum absolute atomic E-state index is 13.4. The first kappa shape index (κ1) is 16.9. The third kappa shape index (κ3) is 2.81. The highest BCUT2D eigenvalue weighted by atomic mass is 35.5. The quantitative estimate of drug-likeness (QED) is 0.469. The average molecular weight is 382 g/mol. The van der Waals surface area contributed by atoms with Crippen molar-refractivity contribution in [2.75, 3.05) is 0 Å². The van der Waals surface area contributed by atoms with Crippen molar-refractivity contribution in [2.45, 2.75) is 11.8 Å². The number of aryl methyl sites for hydroxylation is 1. The highest BCUT2D eigenvalue weighted by Gasteiger charge is 2.23.